The Labute approximate surface area is 109 Å². The second kappa shape index (κ2) is 4.16. The molecule has 90 valence electrons. The molecule has 2 saturated heterocycles. The average Bonchev–Trinajstić information content (AvgIpc) is 2.94. The van der Waals surface area contributed by atoms with Gasteiger partial charge >= 0.3 is 0 Å². The number of benzene rings is 1. The van der Waals surface area contributed by atoms with E-state index in [2.05, 4.69) is 0 Å². The third-order valence-corrected chi connectivity index (χ3v) is 4.16. The van der Waals surface area contributed by atoms with Crippen molar-refractivity contribution >= 4 is 29.1 Å². The molecule has 2 heterocycles. The lowest BCUT2D eigenvalue weighted by Crippen LogP contribution is -2.41. The maximum Gasteiger partial charge on any atom is 0.255 e. The fourth-order valence-electron chi connectivity index (χ4n) is 2.47. The highest BCUT2D eigenvalue weighted by Gasteiger charge is 2.42. The molecular weight excluding hydrogens is 261 g/mol. The first-order valence-electron chi connectivity index (χ1n) is 5.53. The fraction of sp³-hybridized carbons (Fsp3) is 0.417. The fourth-order valence-corrected chi connectivity index (χ4v) is 2.85. The normalized spacial score (nSPS) is 26.6. The largest absolute Gasteiger partial charge is 0.374 e. The Hall–Kier alpha value is -0.770. The van der Waals surface area contributed by atoms with E-state index in [-0.39, 0.29) is 18.1 Å². The second-order valence-corrected chi connectivity index (χ2v) is 5.19. The molecule has 1 aromatic carbocycles. The Morgan fingerprint density at radius 3 is 2.88 bits per heavy atom. The number of ether oxygens (including phenoxy) is 1. The van der Waals surface area contributed by atoms with E-state index in [0.717, 1.165) is 6.42 Å². The third kappa shape index (κ3) is 1.82. The molecule has 0 aromatic heterocycles. The summed E-state index contributed by atoms with van der Waals surface area (Å²) in [6.07, 6.45) is 1.13. The number of hydrogen-bond acceptors (Lipinski definition) is 2. The summed E-state index contributed by atoms with van der Waals surface area (Å²) in [5, 5.41) is 0.751. The van der Waals surface area contributed by atoms with Gasteiger partial charge in [-0.25, -0.2) is 0 Å². The van der Waals surface area contributed by atoms with Crippen LogP contribution in [-0.4, -0.2) is 36.1 Å². The monoisotopic (exact) mass is 271 g/mol. The summed E-state index contributed by atoms with van der Waals surface area (Å²) in [7, 11) is 0. The molecule has 3 rings (SSSR count). The third-order valence-electron chi connectivity index (χ3n) is 3.34. The number of amides is 1. The van der Waals surface area contributed by atoms with Crippen molar-refractivity contribution < 1.29 is 9.53 Å². The number of likely N-dealkylation sites (tertiary alicyclic amines) is 1. The van der Waals surface area contributed by atoms with Crippen molar-refractivity contribution in [1.29, 1.82) is 0 Å². The molecule has 0 radical (unpaired) electrons. The molecule has 2 unspecified atom stereocenters. The lowest BCUT2D eigenvalue weighted by molar-refractivity contribution is 0.0259. The molecule has 1 aromatic rings. The smallest absolute Gasteiger partial charge is 0.255 e. The van der Waals surface area contributed by atoms with Crippen LogP contribution in [-0.2, 0) is 4.74 Å². The van der Waals surface area contributed by atoms with Gasteiger partial charge in [0.25, 0.3) is 5.91 Å². The van der Waals surface area contributed by atoms with Crippen molar-refractivity contribution in [1.82, 2.24) is 4.90 Å². The standard InChI is InChI=1S/C12H11Cl2NO2/c13-10-3-1-2-9(11(10)14)12(16)15-5-8-4-7(15)6-17-8/h1-3,7-8H,4-6H2. The number of hydrogen-bond donors (Lipinski definition) is 0. The Morgan fingerprint density at radius 1 is 1.41 bits per heavy atom. The van der Waals surface area contributed by atoms with Crippen LogP contribution in [0.15, 0.2) is 18.2 Å². The molecule has 2 aliphatic heterocycles. The number of carbonyl (C=O) groups is 1. The predicted molar refractivity (Wildman–Crippen MR) is 65.6 cm³/mol. The van der Waals surface area contributed by atoms with Gasteiger partial charge in [-0.05, 0) is 18.6 Å². The number of fused-ring (bicyclic) bond motifs is 2. The molecule has 2 bridgehead atoms. The summed E-state index contributed by atoms with van der Waals surface area (Å²) >= 11 is 12.0. The van der Waals surface area contributed by atoms with Gasteiger partial charge in [0, 0.05) is 6.54 Å². The molecule has 2 aliphatic rings. The van der Waals surface area contributed by atoms with Crippen LogP contribution in [0.25, 0.3) is 0 Å². The first-order valence-corrected chi connectivity index (χ1v) is 6.29. The molecule has 17 heavy (non-hydrogen) atoms. The first kappa shape index (κ1) is 11.3. The summed E-state index contributed by atoms with van der Waals surface area (Å²) in [5.74, 6) is -0.0479. The van der Waals surface area contributed by atoms with Crippen LogP contribution < -0.4 is 0 Å². The molecule has 3 nitrogen and oxygen atoms in total. The van der Waals surface area contributed by atoms with Gasteiger partial charge in [-0.2, -0.15) is 0 Å². The van der Waals surface area contributed by atoms with E-state index in [1.165, 1.54) is 0 Å². The zero-order chi connectivity index (χ0) is 12.0. The molecule has 1 amide bonds. The highest BCUT2D eigenvalue weighted by atomic mass is 35.5. The van der Waals surface area contributed by atoms with Crippen molar-refractivity contribution in [3.63, 3.8) is 0 Å². The maximum absolute atomic E-state index is 12.3. The average molecular weight is 272 g/mol. The highest BCUT2D eigenvalue weighted by molar-refractivity contribution is 6.43. The number of rotatable bonds is 1. The Balaban J connectivity index is 1.89. The van der Waals surface area contributed by atoms with Crippen LogP contribution in [0.2, 0.25) is 10.0 Å². The lowest BCUT2D eigenvalue weighted by Gasteiger charge is -2.27. The summed E-state index contributed by atoms with van der Waals surface area (Å²) in [5.41, 5.74) is 0.478. The first-order chi connectivity index (χ1) is 8.16. The van der Waals surface area contributed by atoms with Crippen LogP contribution in [0.1, 0.15) is 16.8 Å². The van der Waals surface area contributed by atoms with Crippen LogP contribution in [0.3, 0.4) is 0 Å². The van der Waals surface area contributed by atoms with Crippen molar-refractivity contribution in [2.24, 2.45) is 0 Å². The number of morpholine rings is 1. The van der Waals surface area contributed by atoms with Crippen molar-refractivity contribution in [2.75, 3.05) is 13.2 Å². The van der Waals surface area contributed by atoms with Crippen molar-refractivity contribution in [2.45, 2.75) is 18.6 Å². The van der Waals surface area contributed by atoms with Crippen LogP contribution in [0.4, 0.5) is 0 Å². The van der Waals surface area contributed by atoms with Gasteiger partial charge in [0.15, 0.2) is 0 Å². The summed E-state index contributed by atoms with van der Waals surface area (Å²) in [6, 6.07) is 5.33. The maximum atomic E-state index is 12.3. The van der Waals surface area contributed by atoms with Crippen LogP contribution >= 0.6 is 23.2 Å². The van der Waals surface area contributed by atoms with Gasteiger partial charge in [-0.15, -0.1) is 0 Å². The lowest BCUT2D eigenvalue weighted by atomic mass is 10.2. The van der Waals surface area contributed by atoms with Gasteiger partial charge in [0.2, 0.25) is 0 Å². The Morgan fingerprint density at radius 2 is 2.24 bits per heavy atom. The highest BCUT2D eigenvalue weighted by Crippen LogP contribution is 2.32. The minimum Gasteiger partial charge on any atom is -0.374 e. The Kier molecular flexibility index (Phi) is 2.77. The van der Waals surface area contributed by atoms with E-state index in [0.29, 0.717) is 28.8 Å². The zero-order valence-corrected chi connectivity index (χ0v) is 10.5. The molecular formula is C12H11Cl2NO2. The van der Waals surface area contributed by atoms with Crippen LogP contribution in [0.5, 0.6) is 0 Å². The minimum absolute atomic E-state index is 0.0479. The van der Waals surface area contributed by atoms with E-state index in [4.69, 9.17) is 27.9 Å². The van der Waals surface area contributed by atoms with Gasteiger partial charge in [0.1, 0.15) is 0 Å². The molecule has 0 spiro atoms. The van der Waals surface area contributed by atoms with Crippen molar-refractivity contribution in [3.05, 3.63) is 33.8 Å². The quantitative estimate of drug-likeness (QED) is 0.786. The Bertz CT molecular complexity index is 478. The van der Waals surface area contributed by atoms with E-state index in [1.54, 1.807) is 18.2 Å². The van der Waals surface area contributed by atoms with E-state index in [1.807, 2.05) is 4.90 Å². The topological polar surface area (TPSA) is 29.5 Å². The summed E-state index contributed by atoms with van der Waals surface area (Å²) in [6.45, 7) is 1.29. The SMILES string of the molecule is O=C(c1cccc(Cl)c1Cl)N1CC2CC1CO2. The van der Waals surface area contributed by atoms with Gasteiger partial charge in [0.05, 0.1) is 34.4 Å². The molecule has 2 atom stereocenters. The summed E-state index contributed by atoms with van der Waals surface area (Å²) in [4.78, 5) is 14.2. The predicted octanol–water partition coefficient (Wildman–Crippen LogP) is 2.61. The second-order valence-electron chi connectivity index (χ2n) is 4.40. The van der Waals surface area contributed by atoms with Crippen LogP contribution in [0, 0.1) is 0 Å². The van der Waals surface area contributed by atoms with E-state index >= 15 is 0 Å². The molecule has 0 aliphatic carbocycles. The molecule has 0 saturated carbocycles. The minimum atomic E-state index is -0.0479. The molecule has 2 fully saturated rings. The number of nitrogens with zero attached hydrogens (tertiary/aromatic N) is 1. The number of carbonyl (C=O) groups excluding carboxylic acids is 1. The van der Waals surface area contributed by atoms with E-state index in [9.17, 15) is 4.79 Å². The molecule has 0 N–H and O–H groups in total. The van der Waals surface area contributed by atoms with E-state index < -0.39 is 0 Å². The van der Waals surface area contributed by atoms with Gasteiger partial charge in [-0.1, -0.05) is 29.3 Å². The van der Waals surface area contributed by atoms with Gasteiger partial charge in [-0.3, -0.25) is 4.79 Å². The number of halogens is 2. The van der Waals surface area contributed by atoms with Gasteiger partial charge < -0.3 is 9.64 Å². The summed E-state index contributed by atoms with van der Waals surface area (Å²) < 4.78 is 5.47. The van der Waals surface area contributed by atoms with Crippen molar-refractivity contribution in [3.8, 4) is 0 Å². The molecule has 5 heteroatoms. The zero-order valence-electron chi connectivity index (χ0n) is 9.03.